The van der Waals surface area contributed by atoms with Crippen molar-refractivity contribution in [1.29, 1.82) is 0 Å². The summed E-state index contributed by atoms with van der Waals surface area (Å²) in [7, 11) is 3.86. The van der Waals surface area contributed by atoms with Crippen LogP contribution in [0.3, 0.4) is 0 Å². The van der Waals surface area contributed by atoms with Crippen molar-refractivity contribution in [2.24, 2.45) is 7.05 Å². The maximum Gasteiger partial charge on any atom is 0.134 e. The van der Waals surface area contributed by atoms with Crippen LogP contribution in [0, 0.1) is 0 Å². The first-order valence-corrected chi connectivity index (χ1v) is 6.84. The van der Waals surface area contributed by atoms with E-state index in [0.717, 1.165) is 38.9 Å². The van der Waals surface area contributed by atoms with Gasteiger partial charge in [-0.05, 0) is 29.0 Å². The Bertz CT molecular complexity index is 729. The first-order valence-electron chi connectivity index (χ1n) is 6.05. The third-order valence-corrected chi connectivity index (χ3v) is 3.97. The van der Waals surface area contributed by atoms with Crippen molar-refractivity contribution in [2.75, 3.05) is 7.05 Å². The topological polar surface area (TPSA) is 43.0 Å². The summed E-state index contributed by atoms with van der Waals surface area (Å²) in [5.74, 6) is 0. The van der Waals surface area contributed by atoms with Gasteiger partial charge in [-0.2, -0.15) is 5.10 Å². The van der Waals surface area contributed by atoms with Crippen LogP contribution in [0.2, 0.25) is 0 Å². The fraction of sp³-hybridized carbons (Fsp3) is 0.214. The molecule has 5 heteroatoms. The van der Waals surface area contributed by atoms with Gasteiger partial charge in [0.1, 0.15) is 11.8 Å². The first-order chi connectivity index (χ1) is 9.22. The molecule has 0 fully saturated rings. The van der Waals surface area contributed by atoms with E-state index in [1.54, 1.807) is 6.26 Å². The van der Waals surface area contributed by atoms with Crippen LogP contribution < -0.4 is 5.32 Å². The fourth-order valence-corrected chi connectivity index (χ4v) is 2.98. The molecule has 98 valence electrons. The van der Waals surface area contributed by atoms with Crippen molar-refractivity contribution in [2.45, 2.75) is 6.54 Å². The normalized spacial score (nSPS) is 11.3. The summed E-state index contributed by atoms with van der Waals surface area (Å²) >= 11 is 3.65. The zero-order valence-corrected chi connectivity index (χ0v) is 12.4. The molecule has 3 rings (SSSR count). The lowest BCUT2D eigenvalue weighted by molar-refractivity contribution is 0.616. The quantitative estimate of drug-likeness (QED) is 0.805. The zero-order valence-electron chi connectivity index (χ0n) is 10.8. The SMILES string of the molecule is CNCc1nn(C)c(-c2coc3ccccc23)c1Br. The summed E-state index contributed by atoms with van der Waals surface area (Å²) in [5.41, 5.74) is 3.97. The van der Waals surface area contributed by atoms with E-state index in [-0.39, 0.29) is 0 Å². The van der Waals surface area contributed by atoms with Crippen LogP contribution in [0.4, 0.5) is 0 Å². The first kappa shape index (κ1) is 12.4. The van der Waals surface area contributed by atoms with Crippen molar-refractivity contribution in [3.63, 3.8) is 0 Å². The molecule has 19 heavy (non-hydrogen) atoms. The monoisotopic (exact) mass is 319 g/mol. The number of nitrogens with one attached hydrogen (secondary N) is 1. The molecule has 0 aliphatic heterocycles. The number of furan rings is 1. The zero-order chi connectivity index (χ0) is 13.4. The number of fused-ring (bicyclic) bond motifs is 1. The molecule has 1 N–H and O–H groups in total. The van der Waals surface area contributed by atoms with Gasteiger partial charge in [-0.1, -0.05) is 18.2 Å². The highest BCUT2D eigenvalue weighted by Gasteiger charge is 2.18. The van der Waals surface area contributed by atoms with E-state index in [4.69, 9.17) is 4.42 Å². The van der Waals surface area contributed by atoms with Crippen LogP contribution in [0.25, 0.3) is 22.2 Å². The van der Waals surface area contributed by atoms with Crippen molar-refractivity contribution in [3.05, 3.63) is 40.7 Å². The lowest BCUT2D eigenvalue weighted by Crippen LogP contribution is -2.06. The number of halogens is 1. The summed E-state index contributed by atoms with van der Waals surface area (Å²) < 4.78 is 8.50. The van der Waals surface area contributed by atoms with Crippen molar-refractivity contribution < 1.29 is 4.42 Å². The Labute approximate surface area is 119 Å². The van der Waals surface area contributed by atoms with E-state index in [0.29, 0.717) is 0 Å². The second-order valence-electron chi connectivity index (χ2n) is 4.41. The van der Waals surface area contributed by atoms with Gasteiger partial charge >= 0.3 is 0 Å². The van der Waals surface area contributed by atoms with E-state index in [2.05, 4.69) is 32.4 Å². The molecule has 0 saturated heterocycles. The van der Waals surface area contributed by atoms with E-state index < -0.39 is 0 Å². The predicted octanol–water partition coefficient (Wildman–Crippen LogP) is 3.32. The summed E-state index contributed by atoms with van der Waals surface area (Å²) in [4.78, 5) is 0. The Morgan fingerprint density at radius 1 is 1.37 bits per heavy atom. The molecule has 0 radical (unpaired) electrons. The average molecular weight is 320 g/mol. The largest absolute Gasteiger partial charge is 0.464 e. The molecule has 0 atom stereocenters. The van der Waals surface area contributed by atoms with Gasteiger partial charge in [0.2, 0.25) is 0 Å². The minimum Gasteiger partial charge on any atom is -0.464 e. The molecule has 0 amide bonds. The third-order valence-electron chi connectivity index (χ3n) is 3.14. The van der Waals surface area contributed by atoms with Gasteiger partial charge in [0.15, 0.2) is 0 Å². The van der Waals surface area contributed by atoms with E-state index in [1.807, 2.05) is 37.0 Å². The lowest BCUT2D eigenvalue weighted by Gasteiger charge is -2.00. The van der Waals surface area contributed by atoms with Gasteiger partial charge in [-0.3, -0.25) is 4.68 Å². The minimum atomic E-state index is 0.726. The smallest absolute Gasteiger partial charge is 0.134 e. The standard InChI is InChI=1S/C14H14BrN3O/c1-16-7-11-13(15)14(18(2)17-11)10-8-19-12-6-4-3-5-9(10)12/h3-6,8,16H,7H2,1-2H3. The summed E-state index contributed by atoms with van der Waals surface area (Å²) in [6.45, 7) is 0.726. The maximum atomic E-state index is 5.61. The van der Waals surface area contributed by atoms with E-state index in [9.17, 15) is 0 Å². The van der Waals surface area contributed by atoms with Gasteiger partial charge < -0.3 is 9.73 Å². The maximum absolute atomic E-state index is 5.61. The second-order valence-corrected chi connectivity index (χ2v) is 5.20. The molecule has 0 unspecified atom stereocenters. The van der Waals surface area contributed by atoms with Gasteiger partial charge in [-0.25, -0.2) is 0 Å². The molecule has 1 aromatic carbocycles. The molecule has 3 aromatic rings. The molecule has 2 heterocycles. The van der Waals surface area contributed by atoms with Gasteiger partial charge in [0.25, 0.3) is 0 Å². The van der Waals surface area contributed by atoms with Crippen LogP contribution in [0.1, 0.15) is 5.69 Å². The summed E-state index contributed by atoms with van der Waals surface area (Å²) in [6, 6.07) is 8.02. The number of aryl methyl sites for hydroxylation is 1. The Hall–Kier alpha value is -1.59. The number of para-hydroxylation sites is 1. The number of benzene rings is 1. The van der Waals surface area contributed by atoms with E-state index in [1.165, 1.54) is 0 Å². The van der Waals surface area contributed by atoms with Crippen molar-refractivity contribution in [3.8, 4) is 11.3 Å². The molecular formula is C14H14BrN3O. The Morgan fingerprint density at radius 3 is 2.95 bits per heavy atom. The molecule has 2 aromatic heterocycles. The minimum absolute atomic E-state index is 0.726. The lowest BCUT2D eigenvalue weighted by atomic mass is 10.1. The van der Waals surface area contributed by atoms with Crippen LogP contribution in [-0.4, -0.2) is 16.8 Å². The molecular weight excluding hydrogens is 306 g/mol. The van der Waals surface area contributed by atoms with Crippen LogP contribution in [0.15, 0.2) is 39.4 Å². The fourth-order valence-electron chi connectivity index (χ4n) is 2.29. The number of nitrogens with zero attached hydrogens (tertiary/aromatic N) is 2. The highest BCUT2D eigenvalue weighted by atomic mass is 79.9. The Kier molecular flexibility index (Phi) is 3.16. The highest BCUT2D eigenvalue weighted by Crippen LogP contribution is 2.36. The molecule has 0 bridgehead atoms. The highest BCUT2D eigenvalue weighted by molar-refractivity contribution is 9.10. The second kappa shape index (κ2) is 4.83. The molecule has 0 spiro atoms. The number of hydrogen-bond acceptors (Lipinski definition) is 3. The van der Waals surface area contributed by atoms with Crippen molar-refractivity contribution in [1.82, 2.24) is 15.1 Å². The Morgan fingerprint density at radius 2 is 2.16 bits per heavy atom. The van der Waals surface area contributed by atoms with Crippen molar-refractivity contribution >= 4 is 26.9 Å². The van der Waals surface area contributed by atoms with Crippen LogP contribution >= 0.6 is 15.9 Å². The molecule has 0 saturated carbocycles. The van der Waals surface area contributed by atoms with Crippen LogP contribution in [-0.2, 0) is 13.6 Å². The van der Waals surface area contributed by atoms with Crippen LogP contribution in [0.5, 0.6) is 0 Å². The summed E-state index contributed by atoms with van der Waals surface area (Å²) in [5, 5.41) is 8.75. The predicted molar refractivity (Wildman–Crippen MR) is 78.9 cm³/mol. The van der Waals surface area contributed by atoms with Gasteiger partial charge in [-0.15, -0.1) is 0 Å². The summed E-state index contributed by atoms with van der Waals surface area (Å²) in [6.07, 6.45) is 1.79. The van der Waals surface area contributed by atoms with Gasteiger partial charge in [0, 0.05) is 24.5 Å². The molecule has 4 nitrogen and oxygen atoms in total. The number of aromatic nitrogens is 2. The average Bonchev–Trinajstić information content (AvgIpc) is 2.93. The van der Waals surface area contributed by atoms with Gasteiger partial charge in [0.05, 0.1) is 15.9 Å². The molecule has 0 aliphatic carbocycles. The number of rotatable bonds is 3. The third kappa shape index (κ3) is 1.99. The Balaban J connectivity index is 2.21. The molecule has 0 aliphatic rings. The van der Waals surface area contributed by atoms with E-state index >= 15 is 0 Å². The number of hydrogen-bond donors (Lipinski definition) is 1.